The number of hydrogen-bond acceptors (Lipinski definition) is 5. The van der Waals surface area contributed by atoms with Crippen LogP contribution in [0.3, 0.4) is 0 Å². The number of fused-ring (bicyclic) bond motifs is 9. The first-order valence-electron chi connectivity index (χ1n) is 19.5. The van der Waals surface area contributed by atoms with E-state index in [9.17, 15) is 0 Å². The molecule has 272 valence electrons. The fourth-order valence-electron chi connectivity index (χ4n) is 9.11. The van der Waals surface area contributed by atoms with Gasteiger partial charge in [0.05, 0.1) is 29.5 Å². The Hall–Kier alpha value is -6.12. The largest absolute Gasteiger partial charge is 0.309 e. The van der Waals surface area contributed by atoms with E-state index in [0.717, 1.165) is 0 Å². The molecular formula is C51H36N4S2. The number of nitrogens with one attached hydrogen (secondary N) is 3. The Kier molecular flexibility index (Phi) is 7.68. The van der Waals surface area contributed by atoms with Gasteiger partial charge in [-0.1, -0.05) is 140 Å². The van der Waals surface area contributed by atoms with E-state index >= 15 is 0 Å². The molecule has 3 N–H and O–H groups in total. The predicted octanol–water partition coefficient (Wildman–Crippen LogP) is 13.4. The molecule has 1 saturated heterocycles. The van der Waals surface area contributed by atoms with Gasteiger partial charge in [-0.25, -0.2) is 0 Å². The molecule has 0 bridgehead atoms. The molecule has 2 unspecified atom stereocenters. The van der Waals surface area contributed by atoms with E-state index < -0.39 is 0 Å². The Labute approximate surface area is 337 Å². The summed E-state index contributed by atoms with van der Waals surface area (Å²) >= 11 is 3.77. The molecule has 2 atom stereocenters. The molecule has 0 amide bonds. The van der Waals surface area contributed by atoms with Crippen LogP contribution in [-0.4, -0.2) is 4.57 Å². The van der Waals surface area contributed by atoms with Gasteiger partial charge in [-0.15, -0.1) is 22.7 Å². The fourth-order valence-corrected chi connectivity index (χ4v) is 11.5. The predicted molar refractivity (Wildman–Crippen MR) is 243 cm³/mol. The van der Waals surface area contributed by atoms with Gasteiger partial charge in [-0.2, -0.15) is 0 Å². The van der Waals surface area contributed by atoms with Gasteiger partial charge < -0.3 is 4.57 Å². The van der Waals surface area contributed by atoms with E-state index in [2.05, 4.69) is 203 Å². The number of aromatic nitrogens is 1. The molecule has 0 spiro atoms. The van der Waals surface area contributed by atoms with E-state index in [1.165, 1.54) is 95.7 Å². The second-order valence-corrected chi connectivity index (χ2v) is 17.1. The van der Waals surface area contributed by atoms with Crippen molar-refractivity contribution in [2.45, 2.75) is 18.5 Å². The highest BCUT2D eigenvalue weighted by Crippen LogP contribution is 2.45. The summed E-state index contributed by atoms with van der Waals surface area (Å²) in [4.78, 5) is 0. The third-order valence-corrected chi connectivity index (χ3v) is 14.1. The first-order chi connectivity index (χ1) is 28.2. The maximum absolute atomic E-state index is 3.92. The summed E-state index contributed by atoms with van der Waals surface area (Å²) in [6, 6.07) is 66.5. The van der Waals surface area contributed by atoms with Crippen molar-refractivity contribution in [1.82, 2.24) is 20.5 Å². The SMILES string of the molecule is c1ccc(C2NC(c3ccccc3)NC(c3cccc4c3sc3cccc(-c5ccc6sc7cc(-n8c9ccccc9c9ccccc98)ccc7c6c5)c34)N2)cc1. The molecule has 0 radical (unpaired) electrons. The van der Waals surface area contributed by atoms with Crippen LogP contribution in [0.25, 0.3) is 79.0 Å². The van der Waals surface area contributed by atoms with Gasteiger partial charge in [0.15, 0.2) is 0 Å². The molecule has 1 aliphatic heterocycles. The molecule has 11 aromatic rings. The topological polar surface area (TPSA) is 41.0 Å². The highest BCUT2D eigenvalue weighted by atomic mass is 32.1. The lowest BCUT2D eigenvalue weighted by Gasteiger charge is -2.39. The average Bonchev–Trinajstić information content (AvgIpc) is 3.96. The van der Waals surface area contributed by atoms with Crippen molar-refractivity contribution < 1.29 is 0 Å². The van der Waals surface area contributed by atoms with Crippen LogP contribution < -0.4 is 16.0 Å². The molecule has 12 rings (SSSR count). The summed E-state index contributed by atoms with van der Waals surface area (Å²) in [6.45, 7) is 0. The van der Waals surface area contributed by atoms with Gasteiger partial charge in [0.2, 0.25) is 0 Å². The number of hydrogen-bond donors (Lipinski definition) is 3. The molecule has 4 nitrogen and oxygen atoms in total. The van der Waals surface area contributed by atoms with E-state index in [0.29, 0.717) is 0 Å². The third-order valence-electron chi connectivity index (χ3n) is 11.7. The average molecular weight is 769 g/mol. The molecule has 6 heteroatoms. The molecule has 8 aromatic carbocycles. The van der Waals surface area contributed by atoms with Crippen LogP contribution in [-0.2, 0) is 0 Å². The Morgan fingerprint density at radius 1 is 0.404 bits per heavy atom. The smallest absolute Gasteiger partial charge is 0.0878 e. The quantitative estimate of drug-likeness (QED) is 0.163. The minimum absolute atomic E-state index is 0.0203. The molecular weight excluding hydrogens is 733 g/mol. The summed E-state index contributed by atoms with van der Waals surface area (Å²) in [5, 5.41) is 19.4. The Morgan fingerprint density at radius 3 is 1.75 bits per heavy atom. The second-order valence-electron chi connectivity index (χ2n) is 15.0. The fraction of sp³-hybridized carbons (Fsp3) is 0.0588. The first kappa shape index (κ1) is 33.1. The van der Waals surface area contributed by atoms with Crippen LogP contribution in [0.5, 0.6) is 0 Å². The highest BCUT2D eigenvalue weighted by molar-refractivity contribution is 7.26. The summed E-state index contributed by atoms with van der Waals surface area (Å²) < 4.78 is 7.63. The van der Waals surface area contributed by atoms with Crippen molar-refractivity contribution in [3.05, 3.63) is 199 Å². The lowest BCUT2D eigenvalue weighted by atomic mass is 9.97. The van der Waals surface area contributed by atoms with E-state index in [4.69, 9.17) is 0 Å². The van der Waals surface area contributed by atoms with Crippen LogP contribution in [0.2, 0.25) is 0 Å². The molecule has 1 aliphatic rings. The van der Waals surface area contributed by atoms with Crippen LogP contribution in [0, 0.1) is 0 Å². The van der Waals surface area contributed by atoms with Crippen molar-refractivity contribution in [3.8, 4) is 16.8 Å². The van der Waals surface area contributed by atoms with Gasteiger partial charge in [-0.3, -0.25) is 16.0 Å². The molecule has 3 aromatic heterocycles. The first-order valence-corrected chi connectivity index (χ1v) is 21.2. The summed E-state index contributed by atoms with van der Waals surface area (Å²) in [6.07, 6.45) is -0.107. The van der Waals surface area contributed by atoms with Crippen LogP contribution in [0.15, 0.2) is 182 Å². The molecule has 4 heterocycles. The van der Waals surface area contributed by atoms with E-state index in [1.807, 2.05) is 22.7 Å². The van der Waals surface area contributed by atoms with Crippen molar-refractivity contribution >= 4 is 84.8 Å². The monoisotopic (exact) mass is 768 g/mol. The van der Waals surface area contributed by atoms with Crippen molar-refractivity contribution in [2.24, 2.45) is 0 Å². The van der Waals surface area contributed by atoms with Gasteiger partial charge in [0.25, 0.3) is 0 Å². The van der Waals surface area contributed by atoms with Gasteiger partial charge in [-0.05, 0) is 64.7 Å². The maximum atomic E-state index is 3.92. The van der Waals surface area contributed by atoms with Crippen LogP contribution in [0.4, 0.5) is 0 Å². The number of rotatable bonds is 5. The van der Waals surface area contributed by atoms with Crippen molar-refractivity contribution in [1.29, 1.82) is 0 Å². The number of para-hydroxylation sites is 2. The summed E-state index contributed by atoms with van der Waals surface area (Å²) in [7, 11) is 0. The lowest BCUT2D eigenvalue weighted by Crippen LogP contribution is -2.54. The zero-order valence-electron chi connectivity index (χ0n) is 30.8. The van der Waals surface area contributed by atoms with Gasteiger partial charge >= 0.3 is 0 Å². The highest BCUT2D eigenvalue weighted by Gasteiger charge is 2.31. The molecule has 1 fully saturated rings. The molecule has 0 saturated carbocycles. The third kappa shape index (κ3) is 5.37. The van der Waals surface area contributed by atoms with Crippen molar-refractivity contribution in [2.75, 3.05) is 0 Å². The zero-order valence-corrected chi connectivity index (χ0v) is 32.4. The van der Waals surface area contributed by atoms with Gasteiger partial charge in [0.1, 0.15) is 0 Å². The maximum Gasteiger partial charge on any atom is 0.0878 e. The Balaban J connectivity index is 0.958. The standard InChI is InChI=1S/C51H36N4S2/c1-3-13-31(14-4-1)49-52-50(32-15-5-2-6-16-32)54-51(53-49)40-21-11-20-39-47-35(19-12-24-45(47)57-48(39)40)33-25-28-44-41(29-33)38-27-26-34(30-46(38)56-44)55-42-22-9-7-17-36(42)37-18-8-10-23-43(37)55/h1-30,49-54H. The summed E-state index contributed by atoms with van der Waals surface area (Å²) in [5.74, 6) is 0. The number of benzene rings is 8. The normalized spacial score (nSPS) is 17.4. The van der Waals surface area contributed by atoms with E-state index in [-0.39, 0.29) is 18.5 Å². The lowest BCUT2D eigenvalue weighted by molar-refractivity contribution is 0.204. The van der Waals surface area contributed by atoms with E-state index in [1.54, 1.807) is 0 Å². The van der Waals surface area contributed by atoms with Crippen molar-refractivity contribution in [3.63, 3.8) is 0 Å². The van der Waals surface area contributed by atoms with Gasteiger partial charge in [0, 0.05) is 62.4 Å². The molecule has 0 aliphatic carbocycles. The minimum Gasteiger partial charge on any atom is -0.309 e. The van der Waals surface area contributed by atoms with Crippen LogP contribution in [0.1, 0.15) is 35.2 Å². The Bertz CT molecular complexity index is 3210. The molecule has 57 heavy (non-hydrogen) atoms. The number of thiophene rings is 2. The number of nitrogens with zero attached hydrogens (tertiary/aromatic N) is 1. The minimum atomic E-state index is -0.0668. The zero-order chi connectivity index (χ0) is 37.5. The van der Waals surface area contributed by atoms with Crippen LogP contribution >= 0.6 is 22.7 Å². The second kappa shape index (κ2) is 13.2. The summed E-state index contributed by atoms with van der Waals surface area (Å²) in [5.41, 5.74) is 9.88. The Morgan fingerprint density at radius 2 is 1.04 bits per heavy atom.